The summed E-state index contributed by atoms with van der Waals surface area (Å²) in [5.74, 6) is -0.277. The first-order chi connectivity index (χ1) is 11.2. The van der Waals surface area contributed by atoms with E-state index in [-0.39, 0.29) is 17.9 Å². The quantitative estimate of drug-likeness (QED) is 0.909. The number of likely N-dealkylation sites (tertiary alicyclic amines) is 1. The van der Waals surface area contributed by atoms with Crippen LogP contribution in [0.15, 0.2) is 48.5 Å². The summed E-state index contributed by atoms with van der Waals surface area (Å²) in [6, 6.07) is 14.9. The fourth-order valence-electron chi connectivity index (χ4n) is 2.86. The summed E-state index contributed by atoms with van der Waals surface area (Å²) >= 11 is 0. The van der Waals surface area contributed by atoms with Crippen molar-refractivity contribution >= 4 is 11.7 Å². The van der Waals surface area contributed by atoms with Crippen LogP contribution in [0.25, 0.3) is 0 Å². The third-order valence-corrected chi connectivity index (χ3v) is 4.03. The van der Waals surface area contributed by atoms with Gasteiger partial charge in [-0.15, -0.1) is 0 Å². The van der Waals surface area contributed by atoms with E-state index in [2.05, 4.69) is 5.32 Å². The standard InChI is InChI=1S/C18H16FN3O/c19-15-7-5-14(6-8-15)17-2-1-11-22(17)18(23)21-16-9-3-13(12-20)4-10-16/h3-10,17H,1-2,11H2,(H,21,23). The van der Waals surface area contributed by atoms with E-state index < -0.39 is 0 Å². The van der Waals surface area contributed by atoms with Gasteiger partial charge in [0.15, 0.2) is 0 Å². The Morgan fingerprint density at radius 1 is 1.17 bits per heavy atom. The van der Waals surface area contributed by atoms with Gasteiger partial charge in [0.1, 0.15) is 5.82 Å². The van der Waals surface area contributed by atoms with Gasteiger partial charge in [0, 0.05) is 12.2 Å². The van der Waals surface area contributed by atoms with E-state index >= 15 is 0 Å². The molecule has 0 radical (unpaired) electrons. The monoisotopic (exact) mass is 309 g/mol. The summed E-state index contributed by atoms with van der Waals surface area (Å²) < 4.78 is 13.1. The summed E-state index contributed by atoms with van der Waals surface area (Å²) in [7, 11) is 0. The van der Waals surface area contributed by atoms with Crippen LogP contribution in [0.3, 0.4) is 0 Å². The summed E-state index contributed by atoms with van der Waals surface area (Å²) in [6.07, 6.45) is 1.79. The normalized spacial score (nSPS) is 16.9. The first-order valence-corrected chi connectivity index (χ1v) is 7.50. The van der Waals surface area contributed by atoms with E-state index in [0.717, 1.165) is 18.4 Å². The molecule has 2 aromatic rings. The van der Waals surface area contributed by atoms with Crippen molar-refractivity contribution < 1.29 is 9.18 Å². The molecule has 1 N–H and O–H groups in total. The number of benzene rings is 2. The van der Waals surface area contributed by atoms with Crippen LogP contribution in [0, 0.1) is 17.1 Å². The number of hydrogen-bond acceptors (Lipinski definition) is 2. The molecule has 1 heterocycles. The molecule has 1 saturated heterocycles. The molecule has 0 spiro atoms. The van der Waals surface area contributed by atoms with Crippen molar-refractivity contribution in [1.29, 1.82) is 5.26 Å². The Morgan fingerprint density at radius 2 is 1.87 bits per heavy atom. The molecular weight excluding hydrogens is 293 g/mol. The Bertz CT molecular complexity index is 734. The highest BCUT2D eigenvalue weighted by Gasteiger charge is 2.29. The maximum absolute atomic E-state index is 13.1. The zero-order valence-electron chi connectivity index (χ0n) is 12.5. The van der Waals surface area contributed by atoms with Gasteiger partial charge in [0.25, 0.3) is 0 Å². The maximum atomic E-state index is 13.1. The van der Waals surface area contributed by atoms with Gasteiger partial charge in [-0.25, -0.2) is 9.18 Å². The fourth-order valence-corrected chi connectivity index (χ4v) is 2.86. The number of hydrogen-bond donors (Lipinski definition) is 1. The van der Waals surface area contributed by atoms with E-state index in [1.807, 2.05) is 6.07 Å². The number of halogens is 1. The van der Waals surface area contributed by atoms with Crippen LogP contribution in [0.4, 0.5) is 14.9 Å². The van der Waals surface area contributed by atoms with Crippen molar-refractivity contribution in [3.63, 3.8) is 0 Å². The number of anilines is 1. The lowest BCUT2D eigenvalue weighted by Crippen LogP contribution is -2.34. The second-order valence-electron chi connectivity index (χ2n) is 5.52. The molecule has 116 valence electrons. The number of rotatable bonds is 2. The molecule has 23 heavy (non-hydrogen) atoms. The van der Waals surface area contributed by atoms with Crippen molar-refractivity contribution in [3.05, 3.63) is 65.5 Å². The van der Waals surface area contributed by atoms with Crippen LogP contribution < -0.4 is 5.32 Å². The summed E-state index contributed by atoms with van der Waals surface area (Å²) in [4.78, 5) is 14.3. The third-order valence-electron chi connectivity index (χ3n) is 4.03. The molecule has 3 rings (SSSR count). The molecule has 0 bridgehead atoms. The predicted molar refractivity (Wildman–Crippen MR) is 85.3 cm³/mol. The minimum Gasteiger partial charge on any atom is -0.317 e. The molecule has 1 atom stereocenters. The van der Waals surface area contributed by atoms with Crippen molar-refractivity contribution in [2.75, 3.05) is 11.9 Å². The molecule has 0 aliphatic carbocycles. The molecule has 2 amide bonds. The Balaban J connectivity index is 1.72. The molecule has 2 aromatic carbocycles. The Labute approximate surface area is 134 Å². The van der Waals surface area contributed by atoms with Gasteiger partial charge in [-0.2, -0.15) is 5.26 Å². The lowest BCUT2D eigenvalue weighted by molar-refractivity contribution is 0.207. The molecule has 1 unspecified atom stereocenters. The van der Waals surface area contributed by atoms with Crippen LogP contribution >= 0.6 is 0 Å². The largest absolute Gasteiger partial charge is 0.322 e. The molecule has 0 aromatic heterocycles. The molecular formula is C18H16FN3O. The summed E-state index contributed by atoms with van der Waals surface area (Å²) in [5.41, 5.74) is 2.14. The number of nitrogens with one attached hydrogen (secondary N) is 1. The van der Waals surface area contributed by atoms with E-state index in [9.17, 15) is 9.18 Å². The smallest absolute Gasteiger partial charge is 0.317 e. The van der Waals surface area contributed by atoms with E-state index in [1.54, 1.807) is 41.3 Å². The lowest BCUT2D eigenvalue weighted by Gasteiger charge is -2.25. The number of nitriles is 1. The van der Waals surface area contributed by atoms with Gasteiger partial charge in [-0.3, -0.25) is 0 Å². The predicted octanol–water partition coefficient (Wildman–Crippen LogP) is 4.07. The highest BCUT2D eigenvalue weighted by molar-refractivity contribution is 5.89. The van der Waals surface area contributed by atoms with Crippen LogP contribution in [0.2, 0.25) is 0 Å². The molecule has 1 fully saturated rings. The van der Waals surface area contributed by atoms with Crippen LogP contribution in [-0.2, 0) is 0 Å². The second-order valence-corrected chi connectivity index (χ2v) is 5.52. The zero-order valence-corrected chi connectivity index (χ0v) is 12.5. The summed E-state index contributed by atoms with van der Waals surface area (Å²) in [6.45, 7) is 0.671. The molecule has 0 saturated carbocycles. The molecule has 1 aliphatic rings. The van der Waals surface area contributed by atoms with Gasteiger partial charge in [-0.05, 0) is 54.8 Å². The van der Waals surface area contributed by atoms with Gasteiger partial charge in [-0.1, -0.05) is 12.1 Å². The highest BCUT2D eigenvalue weighted by Crippen LogP contribution is 2.32. The van der Waals surface area contributed by atoms with Crippen LogP contribution in [0.1, 0.15) is 30.0 Å². The Morgan fingerprint density at radius 3 is 2.52 bits per heavy atom. The zero-order chi connectivity index (χ0) is 16.2. The second kappa shape index (κ2) is 6.49. The number of amides is 2. The number of nitrogens with zero attached hydrogens (tertiary/aromatic N) is 2. The number of carbonyl (C=O) groups excluding carboxylic acids is 1. The SMILES string of the molecule is N#Cc1ccc(NC(=O)N2CCCC2c2ccc(F)cc2)cc1. The topological polar surface area (TPSA) is 56.1 Å². The summed E-state index contributed by atoms with van der Waals surface area (Å²) in [5, 5.41) is 11.6. The molecule has 1 aliphatic heterocycles. The maximum Gasteiger partial charge on any atom is 0.322 e. The number of carbonyl (C=O) groups is 1. The molecule has 5 heteroatoms. The van der Waals surface area contributed by atoms with Crippen molar-refractivity contribution in [2.24, 2.45) is 0 Å². The minimum absolute atomic E-state index is 0.0334. The first kappa shape index (κ1) is 15.0. The average Bonchev–Trinajstić information content (AvgIpc) is 3.06. The van der Waals surface area contributed by atoms with E-state index in [0.29, 0.717) is 17.8 Å². The third kappa shape index (κ3) is 3.32. The molecule has 4 nitrogen and oxygen atoms in total. The highest BCUT2D eigenvalue weighted by atomic mass is 19.1. The number of urea groups is 1. The fraction of sp³-hybridized carbons (Fsp3) is 0.222. The van der Waals surface area contributed by atoms with Crippen LogP contribution in [-0.4, -0.2) is 17.5 Å². The van der Waals surface area contributed by atoms with E-state index in [4.69, 9.17) is 5.26 Å². The van der Waals surface area contributed by atoms with Crippen molar-refractivity contribution in [2.45, 2.75) is 18.9 Å². The van der Waals surface area contributed by atoms with Gasteiger partial charge < -0.3 is 10.2 Å². The van der Waals surface area contributed by atoms with Crippen molar-refractivity contribution in [3.8, 4) is 6.07 Å². The van der Waals surface area contributed by atoms with Gasteiger partial charge in [0.2, 0.25) is 0 Å². The Hall–Kier alpha value is -2.87. The minimum atomic E-state index is -0.277. The van der Waals surface area contributed by atoms with Gasteiger partial charge >= 0.3 is 6.03 Å². The Kier molecular flexibility index (Phi) is 4.24. The first-order valence-electron chi connectivity index (χ1n) is 7.50. The van der Waals surface area contributed by atoms with Gasteiger partial charge in [0.05, 0.1) is 17.7 Å². The average molecular weight is 309 g/mol. The van der Waals surface area contributed by atoms with Crippen LogP contribution in [0.5, 0.6) is 0 Å². The lowest BCUT2D eigenvalue weighted by atomic mass is 10.0. The van der Waals surface area contributed by atoms with E-state index in [1.165, 1.54) is 12.1 Å². The van der Waals surface area contributed by atoms with Crippen molar-refractivity contribution in [1.82, 2.24) is 4.90 Å².